The second kappa shape index (κ2) is 4.56. The SMILES string of the molecule is CC1C=CC(c2n[nH]c(-c3ccccn3)n2)=CC1. The summed E-state index contributed by atoms with van der Waals surface area (Å²) in [6.45, 7) is 2.20. The number of hydrogen-bond acceptors (Lipinski definition) is 3. The van der Waals surface area contributed by atoms with Crippen LogP contribution < -0.4 is 0 Å². The maximum Gasteiger partial charge on any atom is 0.181 e. The van der Waals surface area contributed by atoms with E-state index in [0.29, 0.717) is 11.7 Å². The minimum atomic E-state index is 0.600. The van der Waals surface area contributed by atoms with Gasteiger partial charge in [-0.05, 0) is 24.5 Å². The molecule has 0 bridgehead atoms. The van der Waals surface area contributed by atoms with E-state index >= 15 is 0 Å². The monoisotopic (exact) mass is 238 g/mol. The zero-order valence-corrected chi connectivity index (χ0v) is 10.2. The van der Waals surface area contributed by atoms with E-state index in [1.165, 1.54) is 0 Å². The maximum atomic E-state index is 4.48. The quantitative estimate of drug-likeness (QED) is 0.875. The number of hydrogen-bond donors (Lipinski definition) is 1. The molecular formula is C14H14N4. The van der Waals surface area contributed by atoms with Gasteiger partial charge in [-0.25, -0.2) is 4.98 Å². The molecule has 2 aromatic heterocycles. The third-order valence-corrected chi connectivity index (χ3v) is 2.96. The Balaban J connectivity index is 1.89. The molecular weight excluding hydrogens is 224 g/mol. The van der Waals surface area contributed by atoms with Gasteiger partial charge in [-0.1, -0.05) is 31.2 Å². The highest BCUT2D eigenvalue weighted by Crippen LogP contribution is 2.22. The van der Waals surface area contributed by atoms with E-state index in [-0.39, 0.29) is 0 Å². The summed E-state index contributed by atoms with van der Waals surface area (Å²) in [4.78, 5) is 8.73. The lowest BCUT2D eigenvalue weighted by atomic mass is 9.98. The molecule has 0 saturated heterocycles. The Morgan fingerprint density at radius 2 is 2.28 bits per heavy atom. The second-order valence-corrected chi connectivity index (χ2v) is 4.45. The van der Waals surface area contributed by atoms with Crippen molar-refractivity contribution < 1.29 is 0 Å². The van der Waals surface area contributed by atoms with Crippen LogP contribution in [0, 0.1) is 5.92 Å². The molecule has 1 unspecified atom stereocenters. The molecule has 1 N–H and O–H groups in total. The predicted octanol–water partition coefficient (Wildman–Crippen LogP) is 2.85. The van der Waals surface area contributed by atoms with E-state index < -0.39 is 0 Å². The van der Waals surface area contributed by atoms with Crippen LogP contribution in [0.2, 0.25) is 0 Å². The van der Waals surface area contributed by atoms with Crippen LogP contribution in [-0.4, -0.2) is 20.2 Å². The Bertz CT molecular complexity index is 595. The summed E-state index contributed by atoms with van der Waals surface area (Å²) in [7, 11) is 0. The van der Waals surface area contributed by atoms with Crippen molar-refractivity contribution in [1.29, 1.82) is 0 Å². The van der Waals surface area contributed by atoms with Gasteiger partial charge in [0.05, 0.1) is 0 Å². The van der Waals surface area contributed by atoms with Crippen molar-refractivity contribution in [1.82, 2.24) is 20.2 Å². The molecule has 1 aliphatic carbocycles. The van der Waals surface area contributed by atoms with E-state index in [1.807, 2.05) is 18.2 Å². The van der Waals surface area contributed by atoms with Crippen LogP contribution in [0.1, 0.15) is 19.2 Å². The highest BCUT2D eigenvalue weighted by molar-refractivity contribution is 5.71. The number of allylic oxidation sites excluding steroid dienone is 4. The van der Waals surface area contributed by atoms with Gasteiger partial charge in [0.25, 0.3) is 0 Å². The summed E-state index contributed by atoms with van der Waals surface area (Å²) in [5.41, 5.74) is 1.89. The lowest BCUT2D eigenvalue weighted by molar-refractivity contribution is 0.738. The fraction of sp³-hybridized carbons (Fsp3) is 0.214. The fourth-order valence-corrected chi connectivity index (χ4v) is 1.90. The third-order valence-electron chi connectivity index (χ3n) is 2.96. The summed E-state index contributed by atoms with van der Waals surface area (Å²) in [6.07, 6.45) is 9.24. The van der Waals surface area contributed by atoms with E-state index in [2.05, 4.69) is 45.3 Å². The van der Waals surface area contributed by atoms with Crippen molar-refractivity contribution in [2.75, 3.05) is 0 Å². The molecule has 0 aliphatic heterocycles. The lowest BCUT2D eigenvalue weighted by Gasteiger charge is -2.08. The highest BCUT2D eigenvalue weighted by atomic mass is 15.2. The molecule has 0 saturated carbocycles. The van der Waals surface area contributed by atoms with Gasteiger partial charge in [0, 0.05) is 11.8 Å². The summed E-state index contributed by atoms with van der Waals surface area (Å²) in [5, 5.41) is 7.18. The number of aromatic amines is 1. The van der Waals surface area contributed by atoms with Gasteiger partial charge in [-0.3, -0.25) is 10.1 Å². The van der Waals surface area contributed by atoms with Gasteiger partial charge < -0.3 is 0 Å². The second-order valence-electron chi connectivity index (χ2n) is 4.45. The highest BCUT2D eigenvalue weighted by Gasteiger charge is 2.11. The molecule has 0 fully saturated rings. The van der Waals surface area contributed by atoms with Crippen molar-refractivity contribution in [3.63, 3.8) is 0 Å². The van der Waals surface area contributed by atoms with Crippen molar-refractivity contribution in [2.45, 2.75) is 13.3 Å². The molecule has 1 atom stereocenters. The number of nitrogens with one attached hydrogen (secondary N) is 1. The Kier molecular flexibility index (Phi) is 2.76. The Labute approximate surface area is 105 Å². The van der Waals surface area contributed by atoms with Gasteiger partial charge in [-0.15, -0.1) is 0 Å². The van der Waals surface area contributed by atoms with Gasteiger partial charge >= 0.3 is 0 Å². The topological polar surface area (TPSA) is 54.5 Å². The van der Waals surface area contributed by atoms with Crippen LogP contribution in [0.3, 0.4) is 0 Å². The first-order chi connectivity index (χ1) is 8.83. The molecule has 18 heavy (non-hydrogen) atoms. The Hall–Kier alpha value is -2.23. The maximum absolute atomic E-state index is 4.48. The molecule has 2 aromatic rings. The van der Waals surface area contributed by atoms with E-state index in [0.717, 1.165) is 23.5 Å². The minimum Gasteiger partial charge on any atom is -0.257 e. The average Bonchev–Trinajstić information content (AvgIpc) is 2.90. The molecule has 0 radical (unpaired) electrons. The van der Waals surface area contributed by atoms with Crippen LogP contribution in [0.4, 0.5) is 0 Å². The molecule has 0 spiro atoms. The zero-order valence-electron chi connectivity index (χ0n) is 10.2. The van der Waals surface area contributed by atoms with Crippen molar-refractivity contribution in [3.8, 4) is 11.5 Å². The standard InChI is InChI=1S/C14H14N4/c1-10-5-7-11(8-6-10)13-16-14(18-17-13)12-4-2-3-9-15-12/h2-5,7-10H,6H2,1H3,(H,16,17,18). The zero-order chi connectivity index (χ0) is 12.4. The largest absolute Gasteiger partial charge is 0.257 e. The molecule has 0 aromatic carbocycles. The average molecular weight is 238 g/mol. The first-order valence-corrected chi connectivity index (χ1v) is 6.05. The first-order valence-electron chi connectivity index (χ1n) is 6.05. The lowest BCUT2D eigenvalue weighted by Crippen LogP contribution is -1.95. The van der Waals surface area contributed by atoms with Crippen LogP contribution >= 0.6 is 0 Å². The smallest absolute Gasteiger partial charge is 0.181 e. The van der Waals surface area contributed by atoms with Crippen molar-refractivity contribution >= 4 is 5.57 Å². The fourth-order valence-electron chi connectivity index (χ4n) is 1.90. The van der Waals surface area contributed by atoms with Gasteiger partial charge in [0.15, 0.2) is 11.6 Å². The van der Waals surface area contributed by atoms with Gasteiger partial charge in [-0.2, -0.15) is 5.10 Å². The summed E-state index contributed by atoms with van der Waals surface area (Å²) in [5.74, 6) is 2.04. The predicted molar refractivity (Wildman–Crippen MR) is 70.5 cm³/mol. The van der Waals surface area contributed by atoms with Gasteiger partial charge in [0.1, 0.15) is 5.69 Å². The van der Waals surface area contributed by atoms with E-state index in [1.54, 1.807) is 6.20 Å². The number of pyridine rings is 1. The Morgan fingerprint density at radius 1 is 1.33 bits per heavy atom. The Morgan fingerprint density at radius 3 is 3.00 bits per heavy atom. The number of rotatable bonds is 2. The number of nitrogens with zero attached hydrogens (tertiary/aromatic N) is 3. The summed E-state index contributed by atoms with van der Waals surface area (Å²) in [6, 6.07) is 5.73. The molecule has 2 heterocycles. The van der Waals surface area contributed by atoms with Crippen LogP contribution in [0.15, 0.2) is 42.6 Å². The number of aromatic nitrogens is 4. The van der Waals surface area contributed by atoms with Crippen LogP contribution in [-0.2, 0) is 0 Å². The molecule has 90 valence electrons. The normalized spacial score (nSPS) is 18.7. The number of H-pyrrole nitrogens is 1. The van der Waals surface area contributed by atoms with Crippen LogP contribution in [0.25, 0.3) is 17.1 Å². The first kappa shape index (κ1) is 10.9. The van der Waals surface area contributed by atoms with Crippen molar-refractivity contribution in [2.24, 2.45) is 5.92 Å². The molecule has 1 aliphatic rings. The van der Waals surface area contributed by atoms with Crippen molar-refractivity contribution in [3.05, 3.63) is 48.4 Å². The third kappa shape index (κ3) is 2.09. The molecule has 4 nitrogen and oxygen atoms in total. The van der Waals surface area contributed by atoms with Crippen LogP contribution in [0.5, 0.6) is 0 Å². The van der Waals surface area contributed by atoms with E-state index in [4.69, 9.17) is 0 Å². The molecule has 4 heteroatoms. The molecule has 3 rings (SSSR count). The molecule has 0 amide bonds. The van der Waals surface area contributed by atoms with Gasteiger partial charge in [0.2, 0.25) is 0 Å². The van der Waals surface area contributed by atoms with E-state index in [9.17, 15) is 0 Å². The summed E-state index contributed by atoms with van der Waals surface area (Å²) >= 11 is 0. The summed E-state index contributed by atoms with van der Waals surface area (Å²) < 4.78 is 0. The minimum absolute atomic E-state index is 0.600.